The zero-order chi connectivity index (χ0) is 24.5. The van der Waals surface area contributed by atoms with Gasteiger partial charge in [0, 0.05) is 35.0 Å². The normalized spacial score (nSPS) is 10.4. The van der Waals surface area contributed by atoms with E-state index in [1.165, 1.54) is 6.92 Å². The number of nitrogens with one attached hydrogen (secondary N) is 3. The summed E-state index contributed by atoms with van der Waals surface area (Å²) in [4.78, 5) is 23.5. The number of benzene rings is 3. The molecule has 8 heteroatoms. The lowest BCUT2D eigenvalue weighted by Crippen LogP contribution is -2.20. The minimum Gasteiger partial charge on any atom is -0.490 e. The Labute approximate surface area is 208 Å². The molecule has 0 aliphatic heterocycles. The topological polar surface area (TPSA) is 88.7 Å². The fraction of sp³-hybridized carbons (Fsp3) is 0.231. The van der Waals surface area contributed by atoms with Gasteiger partial charge in [-0.3, -0.25) is 9.59 Å². The summed E-state index contributed by atoms with van der Waals surface area (Å²) in [6.45, 7) is 6.22. The van der Waals surface area contributed by atoms with Crippen molar-refractivity contribution >= 4 is 44.8 Å². The van der Waals surface area contributed by atoms with E-state index in [4.69, 9.17) is 9.47 Å². The third kappa shape index (κ3) is 7.52. The summed E-state index contributed by atoms with van der Waals surface area (Å²) in [5.41, 5.74) is 4.46. The van der Waals surface area contributed by atoms with Crippen molar-refractivity contribution in [3.05, 3.63) is 76.3 Å². The Morgan fingerprint density at radius 3 is 2.09 bits per heavy atom. The van der Waals surface area contributed by atoms with Crippen LogP contribution in [0.5, 0.6) is 11.5 Å². The van der Waals surface area contributed by atoms with Crippen molar-refractivity contribution in [2.75, 3.05) is 29.2 Å². The predicted octanol–water partition coefficient (Wildman–Crippen LogP) is 5.74. The summed E-state index contributed by atoms with van der Waals surface area (Å²) < 4.78 is 12.4. The van der Waals surface area contributed by atoms with Crippen molar-refractivity contribution in [3.63, 3.8) is 0 Å². The first-order valence-corrected chi connectivity index (χ1v) is 11.7. The van der Waals surface area contributed by atoms with Gasteiger partial charge in [-0.1, -0.05) is 33.6 Å². The van der Waals surface area contributed by atoms with E-state index < -0.39 is 0 Å². The lowest BCUT2D eigenvalue weighted by Gasteiger charge is -2.16. The van der Waals surface area contributed by atoms with E-state index in [1.54, 1.807) is 6.07 Å². The van der Waals surface area contributed by atoms with Gasteiger partial charge < -0.3 is 25.4 Å². The number of amides is 2. The van der Waals surface area contributed by atoms with Crippen molar-refractivity contribution in [2.24, 2.45) is 0 Å². The SMILES string of the molecule is CCOc1cc(CNc2ccc(NC(C)=O)cc2)c(Br)cc1OCC(=O)Nc1ccc(C)cc1. The number of anilines is 3. The monoisotopic (exact) mass is 525 g/mol. The number of ether oxygens (including phenoxy) is 2. The second-order valence-electron chi connectivity index (χ2n) is 7.64. The summed E-state index contributed by atoms with van der Waals surface area (Å²) in [6.07, 6.45) is 0. The lowest BCUT2D eigenvalue weighted by atomic mass is 10.2. The highest BCUT2D eigenvalue weighted by molar-refractivity contribution is 9.10. The quantitative estimate of drug-likeness (QED) is 0.314. The van der Waals surface area contributed by atoms with E-state index in [0.717, 1.165) is 32.7 Å². The van der Waals surface area contributed by atoms with Crippen LogP contribution in [0.3, 0.4) is 0 Å². The Hall–Kier alpha value is -3.52. The first-order chi connectivity index (χ1) is 16.3. The standard InChI is InChI=1S/C26H28BrN3O4/c1-4-33-24-13-19(15-28-20-9-11-21(12-10-20)29-18(3)31)23(27)14-25(24)34-16-26(32)30-22-7-5-17(2)6-8-22/h5-14,28H,4,15-16H2,1-3H3,(H,29,31)(H,30,32). The number of halogens is 1. The van der Waals surface area contributed by atoms with Crippen LogP contribution in [-0.4, -0.2) is 25.0 Å². The maximum Gasteiger partial charge on any atom is 0.262 e. The molecule has 0 spiro atoms. The molecule has 3 aromatic carbocycles. The molecule has 34 heavy (non-hydrogen) atoms. The Bertz CT molecular complexity index is 1130. The van der Waals surface area contributed by atoms with Crippen LogP contribution < -0.4 is 25.4 Å². The summed E-state index contributed by atoms with van der Waals surface area (Å²) in [7, 11) is 0. The van der Waals surface area contributed by atoms with Crippen molar-refractivity contribution in [3.8, 4) is 11.5 Å². The van der Waals surface area contributed by atoms with Gasteiger partial charge in [0.2, 0.25) is 5.91 Å². The van der Waals surface area contributed by atoms with Crippen LogP contribution in [0.15, 0.2) is 65.1 Å². The van der Waals surface area contributed by atoms with Crippen LogP contribution in [0, 0.1) is 6.92 Å². The number of hydrogen-bond acceptors (Lipinski definition) is 5. The summed E-state index contributed by atoms with van der Waals surface area (Å²) in [6, 6.07) is 18.7. The fourth-order valence-electron chi connectivity index (χ4n) is 3.14. The van der Waals surface area contributed by atoms with Crippen LogP contribution in [0.4, 0.5) is 17.1 Å². The smallest absolute Gasteiger partial charge is 0.262 e. The molecule has 3 rings (SSSR count). The van der Waals surface area contributed by atoms with E-state index in [1.807, 2.05) is 68.4 Å². The van der Waals surface area contributed by atoms with Crippen LogP contribution in [0.2, 0.25) is 0 Å². The molecule has 0 heterocycles. The first-order valence-electron chi connectivity index (χ1n) is 10.9. The Morgan fingerprint density at radius 2 is 1.44 bits per heavy atom. The molecule has 0 aromatic heterocycles. The number of carbonyl (C=O) groups excluding carboxylic acids is 2. The van der Waals surface area contributed by atoms with E-state index in [9.17, 15) is 9.59 Å². The van der Waals surface area contributed by atoms with Gasteiger partial charge in [0.05, 0.1) is 6.61 Å². The van der Waals surface area contributed by atoms with Crippen LogP contribution in [-0.2, 0) is 16.1 Å². The summed E-state index contributed by atoms with van der Waals surface area (Å²) in [5.74, 6) is 0.682. The number of carbonyl (C=O) groups is 2. The van der Waals surface area contributed by atoms with Gasteiger partial charge in [-0.15, -0.1) is 0 Å². The minimum absolute atomic E-state index is 0.108. The molecule has 7 nitrogen and oxygen atoms in total. The highest BCUT2D eigenvalue weighted by atomic mass is 79.9. The van der Waals surface area contributed by atoms with Crippen LogP contribution in [0.1, 0.15) is 25.0 Å². The average molecular weight is 526 g/mol. The van der Waals surface area contributed by atoms with E-state index in [0.29, 0.717) is 24.7 Å². The van der Waals surface area contributed by atoms with Gasteiger partial charge in [0.1, 0.15) is 0 Å². The predicted molar refractivity (Wildman–Crippen MR) is 139 cm³/mol. The van der Waals surface area contributed by atoms with Crippen molar-refractivity contribution in [2.45, 2.75) is 27.3 Å². The molecule has 0 radical (unpaired) electrons. The summed E-state index contributed by atoms with van der Waals surface area (Å²) in [5, 5.41) is 8.91. The zero-order valence-corrected chi connectivity index (χ0v) is 21.0. The van der Waals surface area contributed by atoms with E-state index >= 15 is 0 Å². The molecular weight excluding hydrogens is 498 g/mol. The molecule has 0 saturated carbocycles. The number of hydrogen-bond donors (Lipinski definition) is 3. The Morgan fingerprint density at radius 1 is 0.853 bits per heavy atom. The minimum atomic E-state index is -0.254. The van der Waals surface area contributed by atoms with Gasteiger partial charge in [-0.05, 0) is 67.9 Å². The second-order valence-corrected chi connectivity index (χ2v) is 8.49. The molecule has 0 aliphatic rings. The largest absolute Gasteiger partial charge is 0.490 e. The van der Waals surface area contributed by atoms with Crippen molar-refractivity contribution < 1.29 is 19.1 Å². The third-order valence-corrected chi connectivity index (χ3v) is 5.53. The van der Waals surface area contributed by atoms with Crippen LogP contribution >= 0.6 is 15.9 Å². The number of aryl methyl sites for hydroxylation is 1. The van der Waals surface area contributed by atoms with E-state index in [2.05, 4.69) is 31.9 Å². The maximum atomic E-state index is 12.3. The van der Waals surface area contributed by atoms with Gasteiger partial charge in [-0.25, -0.2) is 0 Å². The molecule has 2 amide bonds. The molecule has 0 bridgehead atoms. The van der Waals surface area contributed by atoms with Gasteiger partial charge in [0.15, 0.2) is 18.1 Å². The molecular formula is C26H28BrN3O4. The highest BCUT2D eigenvalue weighted by Crippen LogP contribution is 2.34. The highest BCUT2D eigenvalue weighted by Gasteiger charge is 2.13. The molecule has 0 unspecified atom stereocenters. The van der Waals surface area contributed by atoms with E-state index in [-0.39, 0.29) is 18.4 Å². The van der Waals surface area contributed by atoms with Crippen molar-refractivity contribution in [1.82, 2.24) is 0 Å². The Kier molecular flexibility index (Phi) is 8.93. The molecule has 0 saturated heterocycles. The maximum absolute atomic E-state index is 12.3. The molecule has 0 atom stereocenters. The van der Waals surface area contributed by atoms with Crippen molar-refractivity contribution in [1.29, 1.82) is 0 Å². The van der Waals surface area contributed by atoms with Crippen LogP contribution in [0.25, 0.3) is 0 Å². The second kappa shape index (κ2) is 12.1. The zero-order valence-electron chi connectivity index (χ0n) is 19.4. The molecule has 3 N–H and O–H groups in total. The average Bonchev–Trinajstić information content (AvgIpc) is 2.80. The van der Waals surface area contributed by atoms with Gasteiger partial charge in [0.25, 0.3) is 5.91 Å². The molecule has 0 aliphatic carbocycles. The third-order valence-electron chi connectivity index (χ3n) is 4.79. The lowest BCUT2D eigenvalue weighted by molar-refractivity contribution is -0.118. The molecule has 178 valence electrons. The summed E-state index contributed by atoms with van der Waals surface area (Å²) >= 11 is 3.59. The number of rotatable bonds is 10. The van der Waals surface area contributed by atoms with Gasteiger partial charge >= 0.3 is 0 Å². The molecule has 0 fully saturated rings. The molecule has 3 aromatic rings. The first kappa shape index (κ1) is 25.1. The Balaban J connectivity index is 1.63. The van der Waals surface area contributed by atoms with Gasteiger partial charge in [-0.2, -0.15) is 0 Å². The fourth-order valence-corrected chi connectivity index (χ4v) is 3.61.